The molecule has 2 rings (SSSR count). The number of carbonyl (C=O) groups is 2. The van der Waals surface area contributed by atoms with Gasteiger partial charge in [0.1, 0.15) is 0 Å². The van der Waals surface area contributed by atoms with Crippen molar-refractivity contribution in [2.24, 2.45) is 0 Å². The van der Waals surface area contributed by atoms with Gasteiger partial charge >= 0.3 is 6.03 Å². The molecule has 0 spiro atoms. The lowest BCUT2D eigenvalue weighted by Gasteiger charge is -2.19. The largest absolute Gasteiger partial charge is 0.335 e. The first kappa shape index (κ1) is 14.4. The average Bonchev–Trinajstić information content (AvgIpc) is 2.45. The van der Waals surface area contributed by atoms with E-state index in [0.29, 0.717) is 12.8 Å². The molecule has 0 bridgehead atoms. The fraction of sp³-hybridized carbons (Fsp3) is 0.467. The van der Waals surface area contributed by atoms with Gasteiger partial charge in [0.15, 0.2) is 0 Å². The van der Waals surface area contributed by atoms with E-state index in [1.807, 2.05) is 12.1 Å². The van der Waals surface area contributed by atoms with Gasteiger partial charge in [-0.25, -0.2) is 4.79 Å². The van der Waals surface area contributed by atoms with Crippen molar-refractivity contribution in [1.82, 2.24) is 5.32 Å². The van der Waals surface area contributed by atoms with Crippen LogP contribution in [0.15, 0.2) is 18.2 Å². The number of hydrogen-bond acceptors (Lipinski definition) is 2. The van der Waals surface area contributed by atoms with Gasteiger partial charge < -0.3 is 16.0 Å². The third-order valence-corrected chi connectivity index (χ3v) is 3.58. The molecule has 5 nitrogen and oxygen atoms in total. The summed E-state index contributed by atoms with van der Waals surface area (Å²) < 4.78 is 0. The van der Waals surface area contributed by atoms with E-state index < -0.39 is 0 Å². The molecule has 3 N–H and O–H groups in total. The zero-order valence-electron chi connectivity index (χ0n) is 12.0. The predicted octanol–water partition coefficient (Wildman–Crippen LogP) is 2.88. The number of fused-ring (bicyclic) bond motifs is 1. The summed E-state index contributed by atoms with van der Waals surface area (Å²) in [7, 11) is 0. The molecule has 0 radical (unpaired) electrons. The van der Waals surface area contributed by atoms with Gasteiger partial charge in [0.2, 0.25) is 5.91 Å². The van der Waals surface area contributed by atoms with Gasteiger partial charge in [-0.05, 0) is 43.0 Å². The molecule has 1 aliphatic heterocycles. The van der Waals surface area contributed by atoms with Crippen molar-refractivity contribution in [3.63, 3.8) is 0 Å². The van der Waals surface area contributed by atoms with Crippen LogP contribution < -0.4 is 16.0 Å². The lowest BCUT2D eigenvalue weighted by Crippen LogP contribution is -2.37. The molecule has 1 aromatic carbocycles. The summed E-state index contributed by atoms with van der Waals surface area (Å²) >= 11 is 0. The first-order valence-corrected chi connectivity index (χ1v) is 7.12. The number of aryl methyl sites for hydroxylation is 1. The fourth-order valence-corrected chi connectivity index (χ4v) is 2.31. The molecule has 0 fully saturated rings. The van der Waals surface area contributed by atoms with E-state index in [4.69, 9.17) is 0 Å². The molecular formula is C15H21N3O2. The number of benzene rings is 1. The molecule has 0 unspecified atom stereocenters. The minimum absolute atomic E-state index is 0.0460. The van der Waals surface area contributed by atoms with E-state index in [1.54, 1.807) is 6.07 Å². The van der Waals surface area contributed by atoms with Crippen LogP contribution in [0.2, 0.25) is 0 Å². The SMILES string of the molecule is CCC(CC)NC(=O)Nc1ccc2c(c1)CCC(=O)N2. The predicted molar refractivity (Wildman–Crippen MR) is 79.9 cm³/mol. The molecule has 0 aliphatic carbocycles. The zero-order valence-corrected chi connectivity index (χ0v) is 12.0. The van der Waals surface area contributed by atoms with E-state index in [-0.39, 0.29) is 18.0 Å². The summed E-state index contributed by atoms with van der Waals surface area (Å²) in [6.45, 7) is 4.10. The Morgan fingerprint density at radius 3 is 2.75 bits per heavy atom. The Bertz CT molecular complexity index is 510. The van der Waals surface area contributed by atoms with Gasteiger partial charge in [0, 0.05) is 23.8 Å². The first-order chi connectivity index (χ1) is 9.62. The highest BCUT2D eigenvalue weighted by atomic mass is 16.2. The highest BCUT2D eigenvalue weighted by Gasteiger charge is 2.15. The third-order valence-electron chi connectivity index (χ3n) is 3.58. The van der Waals surface area contributed by atoms with E-state index >= 15 is 0 Å². The van der Waals surface area contributed by atoms with Crippen molar-refractivity contribution in [2.75, 3.05) is 10.6 Å². The summed E-state index contributed by atoms with van der Waals surface area (Å²) in [5.74, 6) is 0.0460. The van der Waals surface area contributed by atoms with Crippen molar-refractivity contribution >= 4 is 23.3 Å². The molecule has 1 heterocycles. The van der Waals surface area contributed by atoms with Crippen molar-refractivity contribution < 1.29 is 9.59 Å². The third kappa shape index (κ3) is 3.50. The molecule has 108 valence electrons. The summed E-state index contributed by atoms with van der Waals surface area (Å²) in [5, 5.41) is 8.60. The Kier molecular flexibility index (Phi) is 4.61. The Labute approximate surface area is 119 Å². The number of urea groups is 1. The molecule has 0 saturated heterocycles. The quantitative estimate of drug-likeness (QED) is 0.790. The van der Waals surface area contributed by atoms with Gasteiger partial charge in [0.05, 0.1) is 0 Å². The van der Waals surface area contributed by atoms with Gasteiger partial charge in [-0.3, -0.25) is 4.79 Å². The first-order valence-electron chi connectivity index (χ1n) is 7.12. The maximum absolute atomic E-state index is 11.9. The fourth-order valence-electron chi connectivity index (χ4n) is 2.31. The number of nitrogens with one attached hydrogen (secondary N) is 3. The van der Waals surface area contributed by atoms with Crippen LogP contribution in [0.25, 0.3) is 0 Å². The van der Waals surface area contributed by atoms with Gasteiger partial charge in [0.25, 0.3) is 0 Å². The van der Waals surface area contributed by atoms with Crippen LogP contribution in [0, 0.1) is 0 Å². The lowest BCUT2D eigenvalue weighted by atomic mass is 10.0. The van der Waals surface area contributed by atoms with Crippen LogP contribution in [0.1, 0.15) is 38.7 Å². The zero-order chi connectivity index (χ0) is 14.5. The Morgan fingerprint density at radius 2 is 2.05 bits per heavy atom. The second kappa shape index (κ2) is 6.41. The Morgan fingerprint density at radius 1 is 1.30 bits per heavy atom. The molecule has 0 atom stereocenters. The van der Waals surface area contributed by atoms with Gasteiger partial charge in [-0.2, -0.15) is 0 Å². The minimum atomic E-state index is -0.182. The molecule has 1 aliphatic rings. The maximum atomic E-state index is 11.9. The normalized spacial score (nSPS) is 13.7. The number of rotatable bonds is 4. The van der Waals surface area contributed by atoms with Crippen molar-refractivity contribution in [2.45, 2.75) is 45.6 Å². The molecule has 3 amide bonds. The van der Waals surface area contributed by atoms with Crippen LogP contribution in [0.3, 0.4) is 0 Å². The van der Waals surface area contributed by atoms with Crippen LogP contribution in [0.5, 0.6) is 0 Å². The smallest absolute Gasteiger partial charge is 0.319 e. The Hall–Kier alpha value is -2.04. The van der Waals surface area contributed by atoms with Crippen LogP contribution >= 0.6 is 0 Å². The van der Waals surface area contributed by atoms with E-state index in [0.717, 1.165) is 29.8 Å². The summed E-state index contributed by atoms with van der Waals surface area (Å²) in [4.78, 5) is 23.2. The van der Waals surface area contributed by atoms with Crippen LogP contribution in [-0.4, -0.2) is 18.0 Å². The van der Waals surface area contributed by atoms with Crippen LogP contribution in [0.4, 0.5) is 16.2 Å². The molecule has 1 aromatic rings. The lowest BCUT2D eigenvalue weighted by molar-refractivity contribution is -0.116. The number of anilines is 2. The van der Waals surface area contributed by atoms with E-state index in [1.165, 1.54) is 0 Å². The second-order valence-corrected chi connectivity index (χ2v) is 5.03. The monoisotopic (exact) mass is 275 g/mol. The standard InChI is InChI=1S/C15H21N3O2/c1-3-11(4-2)16-15(20)17-12-6-7-13-10(9-12)5-8-14(19)18-13/h6-7,9,11H,3-5,8H2,1-2H3,(H,18,19)(H2,16,17,20). The minimum Gasteiger partial charge on any atom is -0.335 e. The molecule has 0 saturated carbocycles. The molecular weight excluding hydrogens is 254 g/mol. The average molecular weight is 275 g/mol. The van der Waals surface area contributed by atoms with Gasteiger partial charge in [-0.1, -0.05) is 13.8 Å². The second-order valence-electron chi connectivity index (χ2n) is 5.03. The summed E-state index contributed by atoms with van der Waals surface area (Å²) in [6, 6.07) is 5.57. The molecule has 20 heavy (non-hydrogen) atoms. The van der Waals surface area contributed by atoms with E-state index in [2.05, 4.69) is 29.8 Å². The number of amides is 3. The highest BCUT2D eigenvalue weighted by molar-refractivity contribution is 5.95. The topological polar surface area (TPSA) is 70.2 Å². The van der Waals surface area contributed by atoms with Crippen molar-refractivity contribution in [3.05, 3.63) is 23.8 Å². The number of hydrogen-bond donors (Lipinski definition) is 3. The highest BCUT2D eigenvalue weighted by Crippen LogP contribution is 2.25. The van der Waals surface area contributed by atoms with Crippen LogP contribution in [-0.2, 0) is 11.2 Å². The van der Waals surface area contributed by atoms with E-state index in [9.17, 15) is 9.59 Å². The summed E-state index contributed by atoms with van der Waals surface area (Å²) in [5.41, 5.74) is 2.65. The maximum Gasteiger partial charge on any atom is 0.319 e. The summed E-state index contributed by atoms with van der Waals surface area (Å²) in [6.07, 6.45) is 3.04. The Balaban J connectivity index is 2.00. The van der Waals surface area contributed by atoms with Crippen molar-refractivity contribution in [3.8, 4) is 0 Å². The number of carbonyl (C=O) groups excluding carboxylic acids is 2. The molecule has 5 heteroatoms. The van der Waals surface area contributed by atoms with Gasteiger partial charge in [-0.15, -0.1) is 0 Å². The van der Waals surface area contributed by atoms with Crippen molar-refractivity contribution in [1.29, 1.82) is 0 Å². The molecule has 0 aromatic heterocycles.